The van der Waals surface area contributed by atoms with Crippen molar-refractivity contribution in [2.45, 2.75) is 12.6 Å². The molecule has 1 saturated heterocycles. The molecule has 8 heteroatoms. The molecule has 0 radical (unpaired) electrons. The highest BCUT2D eigenvalue weighted by Crippen LogP contribution is 2.42. The van der Waals surface area contributed by atoms with Gasteiger partial charge in [-0.2, -0.15) is 0 Å². The molecule has 1 atom stereocenters. The maximum absolute atomic E-state index is 13.1. The number of amides is 1. The van der Waals surface area contributed by atoms with Crippen molar-refractivity contribution in [3.63, 3.8) is 0 Å². The Hall–Kier alpha value is -3.52. The molecule has 1 aromatic heterocycles. The second-order valence-corrected chi connectivity index (χ2v) is 8.04. The fraction of sp³-hybridized carbons (Fsp3) is 0.167. The summed E-state index contributed by atoms with van der Waals surface area (Å²) in [6, 6.07) is 14.6. The summed E-state index contributed by atoms with van der Waals surface area (Å²) < 4.78 is 16.9. The molecule has 0 aliphatic carbocycles. The summed E-state index contributed by atoms with van der Waals surface area (Å²) in [5.74, 6) is -0.278. The van der Waals surface area contributed by atoms with Crippen LogP contribution < -0.4 is 9.47 Å². The fourth-order valence-corrected chi connectivity index (χ4v) is 4.01. The Labute approximate surface area is 193 Å². The van der Waals surface area contributed by atoms with Crippen LogP contribution in [0.5, 0.6) is 11.5 Å². The molecule has 2 heterocycles. The zero-order chi connectivity index (χ0) is 22.8. The molecule has 1 fully saturated rings. The van der Waals surface area contributed by atoms with Gasteiger partial charge in [-0.15, -0.1) is 0 Å². The van der Waals surface area contributed by atoms with Gasteiger partial charge in [0.15, 0.2) is 11.5 Å². The summed E-state index contributed by atoms with van der Waals surface area (Å²) in [5.41, 5.74) is 1.01. The van der Waals surface area contributed by atoms with Crippen molar-refractivity contribution in [2.24, 2.45) is 0 Å². The van der Waals surface area contributed by atoms with Crippen molar-refractivity contribution in [2.75, 3.05) is 14.2 Å². The van der Waals surface area contributed by atoms with Crippen LogP contribution in [0.15, 0.2) is 75.3 Å². The van der Waals surface area contributed by atoms with Crippen LogP contribution in [0.3, 0.4) is 0 Å². The molecule has 0 bridgehead atoms. The third kappa shape index (κ3) is 3.89. The first-order chi connectivity index (χ1) is 15.4. The van der Waals surface area contributed by atoms with Gasteiger partial charge in [0.2, 0.25) is 0 Å². The van der Waals surface area contributed by atoms with Gasteiger partial charge < -0.3 is 23.9 Å². The summed E-state index contributed by atoms with van der Waals surface area (Å²) in [6.07, 6.45) is 1.50. The lowest BCUT2D eigenvalue weighted by molar-refractivity contribution is -0.140. The van der Waals surface area contributed by atoms with Gasteiger partial charge in [-0.05, 0) is 42.0 Å². The summed E-state index contributed by atoms with van der Waals surface area (Å²) in [7, 11) is 3.03. The maximum atomic E-state index is 13.1. The number of carbonyl (C=O) groups is 2. The summed E-state index contributed by atoms with van der Waals surface area (Å²) in [4.78, 5) is 27.5. The van der Waals surface area contributed by atoms with E-state index < -0.39 is 17.7 Å². The molecule has 3 aromatic rings. The maximum Gasteiger partial charge on any atom is 0.296 e. The summed E-state index contributed by atoms with van der Waals surface area (Å²) in [5, 5.41) is 11.1. The number of furan rings is 1. The normalized spacial score (nSPS) is 17.6. The van der Waals surface area contributed by atoms with E-state index in [-0.39, 0.29) is 17.9 Å². The van der Waals surface area contributed by atoms with Crippen molar-refractivity contribution in [3.05, 3.63) is 87.8 Å². The Morgan fingerprint density at radius 1 is 1.06 bits per heavy atom. The van der Waals surface area contributed by atoms with E-state index in [0.29, 0.717) is 28.4 Å². The van der Waals surface area contributed by atoms with E-state index in [2.05, 4.69) is 15.9 Å². The first-order valence-electron chi connectivity index (χ1n) is 9.73. The van der Waals surface area contributed by atoms with Crippen LogP contribution >= 0.6 is 15.9 Å². The van der Waals surface area contributed by atoms with Gasteiger partial charge in [-0.25, -0.2) is 0 Å². The number of ether oxygens (including phenoxy) is 2. The highest BCUT2D eigenvalue weighted by Gasteiger charge is 2.46. The van der Waals surface area contributed by atoms with Gasteiger partial charge in [0.1, 0.15) is 11.5 Å². The predicted molar refractivity (Wildman–Crippen MR) is 120 cm³/mol. The van der Waals surface area contributed by atoms with Crippen LogP contribution in [0.2, 0.25) is 0 Å². The minimum atomic E-state index is -0.844. The van der Waals surface area contributed by atoms with E-state index >= 15 is 0 Å². The van der Waals surface area contributed by atoms with Gasteiger partial charge >= 0.3 is 0 Å². The van der Waals surface area contributed by atoms with Crippen molar-refractivity contribution in [1.82, 2.24) is 4.90 Å². The van der Waals surface area contributed by atoms with Crippen LogP contribution in [0.1, 0.15) is 22.9 Å². The van der Waals surface area contributed by atoms with Crippen molar-refractivity contribution in [3.8, 4) is 11.5 Å². The summed E-state index contributed by atoms with van der Waals surface area (Å²) in [6.45, 7) is 0.0632. The standard InChI is InChI=1S/C24H20BrNO6/c1-30-18-10-7-15(12-19(18)31-2)21-20(22(27)14-5-8-16(25)9-6-14)23(28)24(29)26(21)13-17-4-3-11-32-17/h3-12,21,27H,13H2,1-2H3/t21-/m0/s1. The highest BCUT2D eigenvalue weighted by atomic mass is 79.9. The first kappa shape index (κ1) is 21.7. The average Bonchev–Trinajstić information content (AvgIpc) is 3.41. The topological polar surface area (TPSA) is 89.2 Å². The van der Waals surface area contributed by atoms with Crippen molar-refractivity contribution < 1.29 is 28.6 Å². The van der Waals surface area contributed by atoms with Gasteiger partial charge in [0.25, 0.3) is 11.7 Å². The van der Waals surface area contributed by atoms with Crippen LogP contribution in [-0.4, -0.2) is 35.9 Å². The van der Waals surface area contributed by atoms with Crippen LogP contribution in [0.25, 0.3) is 5.76 Å². The molecular formula is C24H20BrNO6. The lowest BCUT2D eigenvalue weighted by Gasteiger charge is -2.25. The minimum Gasteiger partial charge on any atom is -0.507 e. The Kier molecular flexibility index (Phi) is 6.05. The third-order valence-corrected chi connectivity index (χ3v) is 5.82. The van der Waals surface area contributed by atoms with Gasteiger partial charge in [-0.1, -0.05) is 34.1 Å². The van der Waals surface area contributed by atoms with Crippen LogP contribution in [0, 0.1) is 0 Å². The Morgan fingerprint density at radius 2 is 1.78 bits per heavy atom. The molecule has 4 rings (SSSR count). The molecule has 7 nitrogen and oxygen atoms in total. The quantitative estimate of drug-likeness (QED) is 0.302. The lowest BCUT2D eigenvalue weighted by atomic mass is 9.95. The number of hydrogen-bond donors (Lipinski definition) is 1. The summed E-state index contributed by atoms with van der Waals surface area (Å²) >= 11 is 3.36. The second kappa shape index (κ2) is 8.92. The highest BCUT2D eigenvalue weighted by molar-refractivity contribution is 9.10. The molecule has 0 unspecified atom stereocenters. The van der Waals surface area contributed by atoms with Gasteiger partial charge in [-0.3, -0.25) is 9.59 Å². The predicted octanol–water partition coefficient (Wildman–Crippen LogP) is 4.68. The Balaban J connectivity index is 1.89. The molecule has 1 N–H and O–H groups in total. The number of rotatable bonds is 6. The molecular weight excluding hydrogens is 478 g/mol. The molecule has 1 amide bonds. The minimum absolute atomic E-state index is 0.00361. The fourth-order valence-electron chi connectivity index (χ4n) is 3.75. The van der Waals surface area contributed by atoms with Crippen LogP contribution in [0.4, 0.5) is 0 Å². The third-order valence-electron chi connectivity index (χ3n) is 5.29. The van der Waals surface area contributed by atoms with E-state index in [1.165, 1.54) is 25.4 Å². The lowest BCUT2D eigenvalue weighted by Crippen LogP contribution is -2.29. The number of aliphatic hydroxyl groups is 1. The Bertz CT molecular complexity index is 1180. The first-order valence-corrected chi connectivity index (χ1v) is 10.5. The number of halogens is 1. The van der Waals surface area contributed by atoms with E-state index in [1.807, 2.05) is 0 Å². The van der Waals surface area contributed by atoms with Gasteiger partial charge in [0, 0.05) is 10.0 Å². The zero-order valence-corrected chi connectivity index (χ0v) is 19.0. The van der Waals surface area contributed by atoms with E-state index in [0.717, 1.165) is 4.47 Å². The van der Waals surface area contributed by atoms with Crippen molar-refractivity contribution in [1.29, 1.82) is 0 Å². The van der Waals surface area contributed by atoms with Crippen molar-refractivity contribution >= 4 is 33.4 Å². The van der Waals surface area contributed by atoms with Gasteiger partial charge in [0.05, 0.1) is 38.6 Å². The largest absolute Gasteiger partial charge is 0.507 e. The zero-order valence-electron chi connectivity index (χ0n) is 17.4. The van der Waals surface area contributed by atoms with Crippen LogP contribution in [-0.2, 0) is 16.1 Å². The molecule has 164 valence electrons. The molecule has 0 saturated carbocycles. The number of benzene rings is 2. The molecule has 32 heavy (non-hydrogen) atoms. The number of likely N-dealkylation sites (tertiary alicyclic amines) is 1. The number of methoxy groups -OCH3 is 2. The van der Waals surface area contributed by atoms with E-state index in [1.54, 1.807) is 54.6 Å². The monoisotopic (exact) mass is 497 g/mol. The molecule has 0 spiro atoms. The number of Topliss-reactive ketones (excluding diaryl/α,β-unsaturated/α-hetero) is 1. The number of aliphatic hydroxyl groups excluding tert-OH is 1. The van der Waals surface area contributed by atoms with E-state index in [4.69, 9.17) is 13.9 Å². The average molecular weight is 498 g/mol. The number of nitrogens with zero attached hydrogens (tertiary/aromatic N) is 1. The second-order valence-electron chi connectivity index (χ2n) is 7.13. The number of carbonyl (C=O) groups excluding carboxylic acids is 2. The smallest absolute Gasteiger partial charge is 0.296 e. The molecule has 1 aliphatic rings. The number of hydrogen-bond acceptors (Lipinski definition) is 6. The Morgan fingerprint density at radius 3 is 2.41 bits per heavy atom. The SMILES string of the molecule is COc1ccc([C@H]2C(=C(O)c3ccc(Br)cc3)C(=O)C(=O)N2Cc2ccco2)cc1OC. The molecule has 2 aromatic carbocycles. The van der Waals surface area contributed by atoms with E-state index in [9.17, 15) is 14.7 Å². The molecule has 1 aliphatic heterocycles. The number of ketones is 1.